The highest BCUT2D eigenvalue weighted by molar-refractivity contribution is 5.93. The second kappa shape index (κ2) is 7.46. The number of carbonyl (C=O) groups is 1. The molecule has 1 aromatic heterocycles. The van der Waals surface area contributed by atoms with Crippen LogP contribution in [0, 0.1) is 12.7 Å². The van der Waals surface area contributed by atoms with E-state index in [4.69, 9.17) is 0 Å². The third-order valence-electron chi connectivity index (χ3n) is 5.48. The van der Waals surface area contributed by atoms with Gasteiger partial charge in [0.15, 0.2) is 0 Å². The molecule has 0 unspecified atom stereocenters. The number of fused-ring (bicyclic) bond motifs is 1. The topological polar surface area (TPSA) is 65.2 Å². The van der Waals surface area contributed by atoms with Gasteiger partial charge in [0.25, 0.3) is 5.56 Å². The number of anilines is 1. The molecule has 1 aliphatic heterocycles. The Balaban J connectivity index is 1.41. The number of halogens is 1. The SMILES string of the molecule is Cc1cc(F)ccc1C1CCN(C(=O)Nc2ccc3cc[nH]c(=O)c3c2)CC1. The van der Waals surface area contributed by atoms with Gasteiger partial charge in [0.05, 0.1) is 0 Å². The first-order valence-corrected chi connectivity index (χ1v) is 9.45. The Morgan fingerprint density at radius 3 is 2.68 bits per heavy atom. The molecule has 0 radical (unpaired) electrons. The second-order valence-electron chi connectivity index (χ2n) is 7.30. The lowest BCUT2D eigenvalue weighted by atomic mass is 9.87. The van der Waals surface area contributed by atoms with Crippen molar-refractivity contribution in [2.24, 2.45) is 0 Å². The lowest BCUT2D eigenvalue weighted by molar-refractivity contribution is 0.194. The molecule has 0 atom stereocenters. The molecule has 0 saturated carbocycles. The van der Waals surface area contributed by atoms with E-state index in [-0.39, 0.29) is 17.4 Å². The van der Waals surface area contributed by atoms with Gasteiger partial charge in [-0.15, -0.1) is 0 Å². The molecule has 144 valence electrons. The molecule has 2 aromatic carbocycles. The van der Waals surface area contributed by atoms with E-state index in [1.165, 1.54) is 6.07 Å². The van der Waals surface area contributed by atoms with Crippen LogP contribution in [0.2, 0.25) is 0 Å². The van der Waals surface area contributed by atoms with Crippen LogP contribution in [0.1, 0.15) is 29.9 Å². The number of aromatic amines is 1. The quantitative estimate of drug-likeness (QED) is 0.694. The average Bonchev–Trinajstić information content (AvgIpc) is 2.69. The number of likely N-dealkylation sites (tertiary alicyclic amines) is 1. The molecule has 2 amide bonds. The third-order valence-corrected chi connectivity index (χ3v) is 5.48. The van der Waals surface area contributed by atoms with E-state index in [0.717, 1.165) is 29.4 Å². The number of carbonyl (C=O) groups excluding carboxylic acids is 1. The number of benzene rings is 2. The van der Waals surface area contributed by atoms with E-state index in [1.807, 2.05) is 25.1 Å². The number of rotatable bonds is 2. The number of hydrogen-bond donors (Lipinski definition) is 2. The molecule has 2 N–H and O–H groups in total. The summed E-state index contributed by atoms with van der Waals surface area (Å²) in [5.74, 6) is 0.121. The zero-order chi connectivity index (χ0) is 19.7. The molecule has 1 saturated heterocycles. The van der Waals surface area contributed by atoms with Crippen molar-refractivity contribution in [2.75, 3.05) is 18.4 Å². The minimum Gasteiger partial charge on any atom is -0.329 e. The first kappa shape index (κ1) is 18.2. The van der Waals surface area contributed by atoms with Gasteiger partial charge in [-0.3, -0.25) is 4.79 Å². The summed E-state index contributed by atoms with van der Waals surface area (Å²) in [6, 6.07) is 11.9. The number of nitrogens with zero attached hydrogens (tertiary/aromatic N) is 1. The summed E-state index contributed by atoms with van der Waals surface area (Å²) < 4.78 is 13.3. The lowest BCUT2D eigenvalue weighted by Crippen LogP contribution is -2.40. The van der Waals surface area contributed by atoms with Gasteiger partial charge in [-0.25, -0.2) is 9.18 Å². The minimum absolute atomic E-state index is 0.166. The van der Waals surface area contributed by atoms with Crippen molar-refractivity contribution in [3.8, 4) is 0 Å². The Hall–Kier alpha value is -3.15. The molecule has 0 bridgehead atoms. The average molecular weight is 379 g/mol. The monoisotopic (exact) mass is 379 g/mol. The van der Waals surface area contributed by atoms with E-state index >= 15 is 0 Å². The minimum atomic E-state index is -0.215. The summed E-state index contributed by atoms with van der Waals surface area (Å²) in [6.45, 7) is 3.21. The van der Waals surface area contributed by atoms with Crippen molar-refractivity contribution in [3.63, 3.8) is 0 Å². The van der Waals surface area contributed by atoms with E-state index in [2.05, 4.69) is 10.3 Å². The van der Waals surface area contributed by atoms with Crippen molar-refractivity contribution < 1.29 is 9.18 Å². The molecule has 6 heteroatoms. The Morgan fingerprint density at radius 1 is 1.14 bits per heavy atom. The standard InChI is InChI=1S/C22H22FN3O2/c1-14-12-17(23)3-5-19(14)16-7-10-26(11-8-16)22(28)25-18-4-2-15-6-9-24-21(27)20(15)13-18/h2-6,9,12-13,16H,7-8,10-11H2,1H3,(H,24,27)(H,25,28). The molecule has 0 spiro atoms. The zero-order valence-electron chi connectivity index (χ0n) is 15.7. The predicted octanol–water partition coefficient (Wildman–Crippen LogP) is 4.39. The molecule has 0 aliphatic carbocycles. The largest absolute Gasteiger partial charge is 0.329 e. The molecule has 2 heterocycles. The maximum Gasteiger partial charge on any atom is 0.321 e. The number of aromatic nitrogens is 1. The number of amides is 2. The Kier molecular flexibility index (Phi) is 4.86. The number of nitrogens with one attached hydrogen (secondary N) is 2. The predicted molar refractivity (Wildman–Crippen MR) is 108 cm³/mol. The highest BCUT2D eigenvalue weighted by Gasteiger charge is 2.25. The zero-order valence-corrected chi connectivity index (χ0v) is 15.7. The maximum atomic E-state index is 13.3. The normalized spacial score (nSPS) is 15.0. The van der Waals surface area contributed by atoms with Gasteiger partial charge in [-0.1, -0.05) is 12.1 Å². The van der Waals surface area contributed by atoms with Crippen LogP contribution in [0.15, 0.2) is 53.5 Å². The fourth-order valence-corrected chi connectivity index (χ4v) is 3.95. The van der Waals surface area contributed by atoms with Crippen LogP contribution in [0.4, 0.5) is 14.9 Å². The summed E-state index contributed by atoms with van der Waals surface area (Å²) in [5.41, 5.74) is 2.55. The summed E-state index contributed by atoms with van der Waals surface area (Å²) in [7, 11) is 0. The fraction of sp³-hybridized carbons (Fsp3) is 0.273. The van der Waals surface area contributed by atoms with Crippen LogP contribution in [0.25, 0.3) is 10.8 Å². The van der Waals surface area contributed by atoms with E-state index < -0.39 is 0 Å². The first-order chi connectivity index (χ1) is 13.5. The lowest BCUT2D eigenvalue weighted by Gasteiger charge is -2.33. The molecule has 1 aliphatic rings. The van der Waals surface area contributed by atoms with Gasteiger partial charge < -0.3 is 15.2 Å². The summed E-state index contributed by atoms with van der Waals surface area (Å²) >= 11 is 0. The Labute approximate surface area is 162 Å². The van der Waals surface area contributed by atoms with E-state index in [1.54, 1.807) is 29.3 Å². The van der Waals surface area contributed by atoms with Crippen molar-refractivity contribution in [3.05, 3.63) is 76.0 Å². The highest BCUT2D eigenvalue weighted by Crippen LogP contribution is 2.30. The maximum absolute atomic E-state index is 13.3. The molecule has 1 fully saturated rings. The van der Waals surface area contributed by atoms with Gasteiger partial charge in [0, 0.05) is 30.4 Å². The molecular formula is C22H22FN3O2. The molecule has 28 heavy (non-hydrogen) atoms. The van der Waals surface area contributed by atoms with Crippen LogP contribution in [-0.2, 0) is 0 Å². The van der Waals surface area contributed by atoms with Gasteiger partial charge in [0.2, 0.25) is 0 Å². The van der Waals surface area contributed by atoms with Crippen molar-refractivity contribution in [1.82, 2.24) is 9.88 Å². The van der Waals surface area contributed by atoms with Crippen molar-refractivity contribution in [2.45, 2.75) is 25.7 Å². The number of piperidine rings is 1. The van der Waals surface area contributed by atoms with Crippen LogP contribution >= 0.6 is 0 Å². The Morgan fingerprint density at radius 2 is 1.93 bits per heavy atom. The van der Waals surface area contributed by atoms with E-state index in [0.29, 0.717) is 30.1 Å². The molecule has 3 aromatic rings. The number of urea groups is 1. The van der Waals surface area contributed by atoms with Gasteiger partial charge in [0.1, 0.15) is 5.82 Å². The van der Waals surface area contributed by atoms with Gasteiger partial charge in [-0.05, 0) is 72.5 Å². The van der Waals surface area contributed by atoms with Crippen LogP contribution in [0.3, 0.4) is 0 Å². The number of pyridine rings is 1. The fourth-order valence-electron chi connectivity index (χ4n) is 3.95. The smallest absolute Gasteiger partial charge is 0.321 e. The summed E-state index contributed by atoms with van der Waals surface area (Å²) in [4.78, 5) is 29.0. The highest BCUT2D eigenvalue weighted by atomic mass is 19.1. The van der Waals surface area contributed by atoms with E-state index in [9.17, 15) is 14.0 Å². The number of H-pyrrole nitrogens is 1. The molecular weight excluding hydrogens is 357 g/mol. The van der Waals surface area contributed by atoms with Gasteiger partial charge >= 0.3 is 6.03 Å². The van der Waals surface area contributed by atoms with Crippen LogP contribution in [0.5, 0.6) is 0 Å². The molecule has 5 nitrogen and oxygen atoms in total. The van der Waals surface area contributed by atoms with Crippen LogP contribution < -0.4 is 10.9 Å². The second-order valence-corrected chi connectivity index (χ2v) is 7.30. The van der Waals surface area contributed by atoms with Crippen molar-refractivity contribution >= 4 is 22.5 Å². The van der Waals surface area contributed by atoms with Gasteiger partial charge in [-0.2, -0.15) is 0 Å². The van der Waals surface area contributed by atoms with Crippen molar-refractivity contribution in [1.29, 1.82) is 0 Å². The first-order valence-electron chi connectivity index (χ1n) is 9.45. The third kappa shape index (κ3) is 3.63. The number of aryl methyl sites for hydroxylation is 1. The summed E-state index contributed by atoms with van der Waals surface area (Å²) in [6.07, 6.45) is 3.30. The summed E-state index contributed by atoms with van der Waals surface area (Å²) in [5, 5.41) is 4.27. The number of hydrogen-bond acceptors (Lipinski definition) is 2. The Bertz CT molecular complexity index is 1080. The van der Waals surface area contributed by atoms with Crippen LogP contribution in [-0.4, -0.2) is 29.0 Å². The molecule has 4 rings (SSSR count).